The fourth-order valence-corrected chi connectivity index (χ4v) is 3.22. The van der Waals surface area contributed by atoms with Crippen molar-refractivity contribution in [3.63, 3.8) is 0 Å². The van der Waals surface area contributed by atoms with Crippen LogP contribution < -0.4 is 10.1 Å². The summed E-state index contributed by atoms with van der Waals surface area (Å²) in [5.74, 6) is -0.104. The fraction of sp³-hybridized carbons (Fsp3) is 0.231. The number of anilines is 1. The van der Waals surface area contributed by atoms with Crippen molar-refractivity contribution in [2.45, 2.75) is 20.0 Å². The Morgan fingerprint density at radius 2 is 1.38 bits per heavy atom. The summed E-state index contributed by atoms with van der Waals surface area (Å²) in [6.45, 7) is 3.43. The molecule has 3 rings (SSSR count). The van der Waals surface area contributed by atoms with Crippen LogP contribution in [0, 0.1) is 0 Å². The Hall–Kier alpha value is -3.64. The van der Waals surface area contributed by atoms with Crippen molar-refractivity contribution in [2.24, 2.45) is 0 Å². The number of esters is 1. The Labute approximate surface area is 188 Å². The van der Waals surface area contributed by atoms with Gasteiger partial charge in [0.2, 0.25) is 0 Å². The quantitative estimate of drug-likeness (QED) is 0.459. The molecule has 6 nitrogen and oxygen atoms in total. The molecule has 0 atom stereocenters. The summed E-state index contributed by atoms with van der Waals surface area (Å²) < 4.78 is 10.6. The number of ether oxygens (including phenoxy) is 2. The van der Waals surface area contributed by atoms with Crippen molar-refractivity contribution in [1.29, 1.82) is 0 Å². The van der Waals surface area contributed by atoms with Crippen LogP contribution in [0.15, 0.2) is 84.9 Å². The van der Waals surface area contributed by atoms with Crippen LogP contribution in [-0.2, 0) is 27.4 Å². The Balaban J connectivity index is 1.51. The van der Waals surface area contributed by atoms with Crippen LogP contribution in [0.4, 0.5) is 5.69 Å². The zero-order valence-corrected chi connectivity index (χ0v) is 18.2. The minimum atomic E-state index is -0.446. The molecule has 3 aromatic rings. The maximum Gasteiger partial charge on any atom is 0.320 e. The van der Waals surface area contributed by atoms with E-state index in [0.29, 0.717) is 25.4 Å². The van der Waals surface area contributed by atoms with E-state index in [1.165, 1.54) is 0 Å². The maximum atomic E-state index is 12.4. The van der Waals surface area contributed by atoms with Gasteiger partial charge in [0.05, 0.1) is 13.2 Å². The number of carbonyl (C=O) groups is 2. The van der Waals surface area contributed by atoms with Gasteiger partial charge in [-0.2, -0.15) is 0 Å². The summed E-state index contributed by atoms with van der Waals surface area (Å²) in [6, 6.07) is 26.9. The molecule has 166 valence electrons. The molecule has 0 unspecified atom stereocenters. The number of hydrogen-bond donors (Lipinski definition) is 1. The molecule has 0 saturated carbocycles. The van der Waals surface area contributed by atoms with E-state index in [0.717, 1.165) is 16.9 Å². The molecular formula is C26H28N2O4. The standard InChI is InChI=1S/C26H28N2O4/c1-2-31-24-15-13-23(14-16-24)27-25(29)20-32-26(30)19-28(17-21-9-5-3-6-10-21)18-22-11-7-4-8-12-22/h3-16H,2,17-20H2,1H3,(H,27,29). The number of carbonyl (C=O) groups excluding carboxylic acids is 2. The van der Waals surface area contributed by atoms with Crippen molar-refractivity contribution < 1.29 is 19.1 Å². The Bertz CT molecular complexity index is 934. The number of nitrogens with one attached hydrogen (secondary N) is 1. The maximum absolute atomic E-state index is 12.4. The molecule has 0 bridgehead atoms. The van der Waals surface area contributed by atoms with Crippen molar-refractivity contribution >= 4 is 17.6 Å². The van der Waals surface area contributed by atoms with Gasteiger partial charge in [0.15, 0.2) is 6.61 Å². The molecule has 0 heterocycles. The smallest absolute Gasteiger partial charge is 0.320 e. The van der Waals surface area contributed by atoms with E-state index in [-0.39, 0.29) is 19.1 Å². The second kappa shape index (κ2) is 12.3. The zero-order valence-electron chi connectivity index (χ0n) is 18.2. The number of hydrogen-bond acceptors (Lipinski definition) is 5. The van der Waals surface area contributed by atoms with Gasteiger partial charge >= 0.3 is 5.97 Å². The number of nitrogens with zero attached hydrogens (tertiary/aromatic N) is 1. The lowest BCUT2D eigenvalue weighted by molar-refractivity contribution is -0.148. The van der Waals surface area contributed by atoms with E-state index < -0.39 is 5.97 Å². The molecule has 0 aliphatic heterocycles. The van der Waals surface area contributed by atoms with Gasteiger partial charge in [-0.15, -0.1) is 0 Å². The van der Waals surface area contributed by atoms with Crippen LogP contribution in [0.3, 0.4) is 0 Å². The van der Waals surface area contributed by atoms with Gasteiger partial charge < -0.3 is 14.8 Å². The van der Waals surface area contributed by atoms with Gasteiger partial charge in [-0.1, -0.05) is 60.7 Å². The largest absolute Gasteiger partial charge is 0.494 e. The van der Waals surface area contributed by atoms with Gasteiger partial charge in [0.25, 0.3) is 5.91 Å². The summed E-state index contributed by atoms with van der Waals surface area (Å²) in [5.41, 5.74) is 2.82. The van der Waals surface area contributed by atoms with Crippen LogP contribution >= 0.6 is 0 Å². The van der Waals surface area contributed by atoms with Crippen molar-refractivity contribution in [3.8, 4) is 5.75 Å². The summed E-state index contributed by atoms with van der Waals surface area (Å²) in [6.07, 6.45) is 0. The van der Waals surface area contributed by atoms with Gasteiger partial charge in [0.1, 0.15) is 5.75 Å². The van der Waals surface area contributed by atoms with E-state index in [1.54, 1.807) is 24.3 Å². The first-order valence-corrected chi connectivity index (χ1v) is 10.6. The fourth-order valence-electron chi connectivity index (χ4n) is 3.22. The van der Waals surface area contributed by atoms with Crippen LogP contribution in [-0.4, -0.2) is 36.5 Å². The molecular weight excluding hydrogens is 404 g/mol. The lowest BCUT2D eigenvalue weighted by Crippen LogP contribution is -2.32. The van der Waals surface area contributed by atoms with Gasteiger partial charge in [-0.3, -0.25) is 14.5 Å². The summed E-state index contributed by atoms with van der Waals surface area (Å²) >= 11 is 0. The summed E-state index contributed by atoms with van der Waals surface area (Å²) in [7, 11) is 0. The molecule has 0 spiro atoms. The summed E-state index contributed by atoms with van der Waals surface area (Å²) in [4.78, 5) is 26.6. The van der Waals surface area contributed by atoms with Crippen LogP contribution in [0.1, 0.15) is 18.1 Å². The number of rotatable bonds is 11. The van der Waals surface area contributed by atoms with Crippen LogP contribution in [0.2, 0.25) is 0 Å². The van der Waals surface area contributed by atoms with E-state index in [4.69, 9.17) is 9.47 Å². The Kier molecular flexibility index (Phi) is 8.83. The van der Waals surface area contributed by atoms with Crippen LogP contribution in [0.5, 0.6) is 5.75 Å². The third-order valence-corrected chi connectivity index (χ3v) is 4.66. The molecule has 0 aliphatic carbocycles. The molecule has 0 aromatic heterocycles. The van der Waals surface area contributed by atoms with Crippen molar-refractivity contribution in [2.75, 3.05) is 25.1 Å². The van der Waals surface area contributed by atoms with Crippen LogP contribution in [0.25, 0.3) is 0 Å². The highest BCUT2D eigenvalue weighted by atomic mass is 16.5. The Morgan fingerprint density at radius 3 is 1.91 bits per heavy atom. The zero-order chi connectivity index (χ0) is 22.6. The minimum Gasteiger partial charge on any atom is -0.494 e. The molecule has 32 heavy (non-hydrogen) atoms. The normalized spacial score (nSPS) is 10.6. The highest BCUT2D eigenvalue weighted by molar-refractivity contribution is 5.92. The molecule has 0 aliphatic rings. The first-order valence-electron chi connectivity index (χ1n) is 10.6. The average molecular weight is 433 g/mol. The lowest BCUT2D eigenvalue weighted by atomic mass is 10.1. The lowest BCUT2D eigenvalue weighted by Gasteiger charge is -2.21. The third kappa shape index (κ3) is 7.89. The minimum absolute atomic E-state index is 0.0835. The molecule has 0 saturated heterocycles. The molecule has 0 fully saturated rings. The second-order valence-electron chi connectivity index (χ2n) is 7.28. The molecule has 3 aromatic carbocycles. The van der Waals surface area contributed by atoms with Gasteiger partial charge in [0, 0.05) is 18.8 Å². The van der Waals surface area contributed by atoms with E-state index in [2.05, 4.69) is 5.32 Å². The van der Waals surface area contributed by atoms with Gasteiger partial charge in [-0.05, 0) is 42.3 Å². The first-order chi connectivity index (χ1) is 15.6. The second-order valence-corrected chi connectivity index (χ2v) is 7.28. The highest BCUT2D eigenvalue weighted by Gasteiger charge is 2.15. The molecule has 1 N–H and O–H groups in total. The number of amides is 1. The monoisotopic (exact) mass is 432 g/mol. The average Bonchev–Trinajstić information content (AvgIpc) is 2.80. The molecule has 0 radical (unpaired) electrons. The van der Waals surface area contributed by atoms with E-state index in [9.17, 15) is 9.59 Å². The SMILES string of the molecule is CCOc1ccc(NC(=O)COC(=O)CN(Cc2ccccc2)Cc2ccccc2)cc1. The van der Waals surface area contributed by atoms with Gasteiger partial charge in [-0.25, -0.2) is 0 Å². The van der Waals surface area contributed by atoms with Crippen molar-refractivity contribution in [1.82, 2.24) is 4.90 Å². The first kappa shape index (κ1) is 23.0. The summed E-state index contributed by atoms with van der Waals surface area (Å²) in [5, 5.41) is 2.71. The third-order valence-electron chi connectivity index (χ3n) is 4.66. The topological polar surface area (TPSA) is 67.9 Å². The molecule has 1 amide bonds. The predicted molar refractivity (Wildman–Crippen MR) is 124 cm³/mol. The number of benzene rings is 3. The predicted octanol–water partition coefficient (Wildman–Crippen LogP) is 4.27. The van der Waals surface area contributed by atoms with E-state index in [1.807, 2.05) is 72.5 Å². The Morgan fingerprint density at radius 1 is 0.812 bits per heavy atom. The molecule has 6 heteroatoms. The van der Waals surface area contributed by atoms with E-state index >= 15 is 0 Å². The highest BCUT2D eigenvalue weighted by Crippen LogP contribution is 2.15. The van der Waals surface area contributed by atoms with Crippen molar-refractivity contribution in [3.05, 3.63) is 96.1 Å².